The molecule has 2 unspecified atom stereocenters. The molecule has 2 heterocycles. The smallest absolute Gasteiger partial charge is 0.151 e. The van der Waals surface area contributed by atoms with Crippen LogP contribution in [0.15, 0.2) is 41.8 Å². The molecule has 0 amide bonds. The highest BCUT2D eigenvalue weighted by molar-refractivity contribution is 6.14. The van der Waals surface area contributed by atoms with Gasteiger partial charge in [0.1, 0.15) is 16.9 Å². The minimum absolute atomic E-state index is 0.209. The third-order valence-corrected chi connectivity index (χ3v) is 5.37. The number of anilines is 2. The zero-order valence-electron chi connectivity index (χ0n) is 18.5. The van der Waals surface area contributed by atoms with E-state index in [9.17, 15) is 0 Å². The minimum Gasteiger partial charge on any atom is -0.405 e. The van der Waals surface area contributed by atoms with E-state index in [0.29, 0.717) is 40.1 Å². The van der Waals surface area contributed by atoms with Gasteiger partial charge in [-0.25, -0.2) is 15.0 Å². The molecule has 8 N–H and O–H groups in total. The second-order valence-electron chi connectivity index (χ2n) is 7.68. The number of nitrogens with zero attached hydrogens (tertiary/aromatic N) is 4. The lowest BCUT2D eigenvalue weighted by atomic mass is 10.1. The van der Waals surface area contributed by atoms with Crippen molar-refractivity contribution >= 4 is 40.2 Å². The molecule has 1 aliphatic carbocycles. The van der Waals surface area contributed by atoms with Crippen LogP contribution in [-0.4, -0.2) is 39.0 Å². The zero-order chi connectivity index (χ0) is 23.1. The molecule has 2 aromatic rings. The van der Waals surface area contributed by atoms with Gasteiger partial charge in [-0.1, -0.05) is 13.0 Å². The summed E-state index contributed by atoms with van der Waals surface area (Å²) in [7, 11) is 0. The van der Waals surface area contributed by atoms with Gasteiger partial charge in [-0.15, -0.1) is 0 Å². The van der Waals surface area contributed by atoms with Crippen molar-refractivity contribution in [3.05, 3.63) is 48.1 Å². The third-order valence-electron chi connectivity index (χ3n) is 5.37. The van der Waals surface area contributed by atoms with Crippen molar-refractivity contribution in [2.45, 2.75) is 51.6 Å². The van der Waals surface area contributed by atoms with E-state index in [-0.39, 0.29) is 12.1 Å². The van der Waals surface area contributed by atoms with E-state index in [4.69, 9.17) is 32.6 Å². The average molecular weight is 434 g/mol. The number of nitrogens with one attached hydrogen (secondary N) is 2. The van der Waals surface area contributed by atoms with Gasteiger partial charge in [0.25, 0.3) is 0 Å². The number of aryl methyl sites for hydroxylation is 1. The molecular formula is C23H31N9. The second-order valence-corrected chi connectivity index (χ2v) is 7.68. The molecule has 1 fully saturated rings. The van der Waals surface area contributed by atoms with Gasteiger partial charge in [0, 0.05) is 41.8 Å². The van der Waals surface area contributed by atoms with Crippen LogP contribution >= 0.6 is 0 Å². The van der Waals surface area contributed by atoms with Gasteiger partial charge < -0.3 is 27.9 Å². The van der Waals surface area contributed by atoms with Gasteiger partial charge >= 0.3 is 0 Å². The van der Waals surface area contributed by atoms with Gasteiger partial charge in [0.15, 0.2) is 5.82 Å². The molecule has 3 rings (SSSR count). The van der Waals surface area contributed by atoms with Crippen LogP contribution in [0.1, 0.15) is 44.4 Å². The van der Waals surface area contributed by atoms with E-state index in [1.54, 1.807) is 18.5 Å². The topological polar surface area (TPSA) is 165 Å². The van der Waals surface area contributed by atoms with E-state index in [1.165, 1.54) is 12.4 Å². The first-order valence-electron chi connectivity index (χ1n) is 10.8. The van der Waals surface area contributed by atoms with Crippen molar-refractivity contribution in [3.8, 4) is 0 Å². The zero-order valence-corrected chi connectivity index (χ0v) is 18.5. The molecule has 9 nitrogen and oxygen atoms in total. The number of hydrogen-bond donors (Lipinski definition) is 5. The predicted octanol–water partition coefficient (Wildman–Crippen LogP) is 2.94. The molecule has 0 spiro atoms. The molecule has 0 radical (unpaired) electrons. The van der Waals surface area contributed by atoms with Crippen LogP contribution in [0, 0.1) is 5.41 Å². The Hall–Kier alpha value is -3.59. The maximum Gasteiger partial charge on any atom is 0.151 e. The number of pyridine rings is 1. The number of nitrogen functional groups attached to an aromatic ring is 1. The van der Waals surface area contributed by atoms with Crippen LogP contribution in [0.25, 0.3) is 16.6 Å². The quantitative estimate of drug-likeness (QED) is 0.399. The standard InChI is InChI=1S/C23H31N9/c1-3-5-16(8-9-24)28-12-14(11-25)18-13-29-22(27)21-20(18)32-23(19(4-2)31-21)30-17-7-6-15(26)10-17/h3,5,8-9,11-13,15,17,25H,4,6-7,10,24,26H2,1-2H3,(H2,27,29)(H,30,32)/b5-3+,9-8?,14-12+,25-11?,28-16-. The number of hydrogen-bond acceptors (Lipinski definition) is 9. The Morgan fingerprint density at radius 1 is 1.28 bits per heavy atom. The summed E-state index contributed by atoms with van der Waals surface area (Å²) in [6.45, 7) is 3.92. The van der Waals surface area contributed by atoms with Crippen molar-refractivity contribution in [2.24, 2.45) is 16.5 Å². The number of rotatable bonds is 8. The van der Waals surface area contributed by atoms with Crippen molar-refractivity contribution < 1.29 is 0 Å². The Bertz CT molecular complexity index is 1080. The van der Waals surface area contributed by atoms with Crippen LogP contribution in [0.4, 0.5) is 11.6 Å². The lowest BCUT2D eigenvalue weighted by Gasteiger charge is -2.17. The van der Waals surface area contributed by atoms with Crippen molar-refractivity contribution in [1.29, 1.82) is 5.41 Å². The van der Waals surface area contributed by atoms with Crippen LogP contribution in [0.2, 0.25) is 0 Å². The maximum absolute atomic E-state index is 7.95. The van der Waals surface area contributed by atoms with E-state index < -0.39 is 0 Å². The first-order chi connectivity index (χ1) is 15.5. The summed E-state index contributed by atoms with van der Waals surface area (Å²) in [5.41, 5.74) is 21.4. The lowest BCUT2D eigenvalue weighted by molar-refractivity contribution is 0.686. The highest BCUT2D eigenvalue weighted by Crippen LogP contribution is 2.29. The average Bonchev–Trinajstić information content (AvgIpc) is 3.19. The van der Waals surface area contributed by atoms with E-state index in [1.807, 2.05) is 26.0 Å². The summed E-state index contributed by atoms with van der Waals surface area (Å²) >= 11 is 0. The minimum atomic E-state index is 0.209. The summed E-state index contributed by atoms with van der Waals surface area (Å²) in [6.07, 6.45) is 14.8. The molecule has 1 aliphatic rings. The maximum atomic E-state index is 7.95. The lowest BCUT2D eigenvalue weighted by Crippen LogP contribution is -2.22. The van der Waals surface area contributed by atoms with Crippen LogP contribution in [-0.2, 0) is 6.42 Å². The van der Waals surface area contributed by atoms with Gasteiger partial charge in [0.05, 0.1) is 11.4 Å². The monoisotopic (exact) mass is 433 g/mol. The molecule has 2 aromatic heterocycles. The van der Waals surface area contributed by atoms with Crippen molar-refractivity contribution in [1.82, 2.24) is 15.0 Å². The van der Waals surface area contributed by atoms with Gasteiger partial charge in [0.2, 0.25) is 0 Å². The number of fused-ring (bicyclic) bond motifs is 1. The Balaban J connectivity index is 2.12. The van der Waals surface area contributed by atoms with Crippen molar-refractivity contribution in [3.63, 3.8) is 0 Å². The molecule has 168 valence electrons. The van der Waals surface area contributed by atoms with Gasteiger partial charge in [-0.2, -0.15) is 0 Å². The first-order valence-corrected chi connectivity index (χ1v) is 10.8. The Morgan fingerprint density at radius 3 is 2.72 bits per heavy atom. The normalized spacial score (nSPS) is 20.0. The fraction of sp³-hybridized carbons (Fsp3) is 0.348. The number of nitrogens with two attached hydrogens (primary N) is 3. The molecule has 32 heavy (non-hydrogen) atoms. The Morgan fingerprint density at radius 2 is 2.09 bits per heavy atom. The molecule has 2 atom stereocenters. The van der Waals surface area contributed by atoms with Gasteiger partial charge in [-0.05, 0) is 51.0 Å². The van der Waals surface area contributed by atoms with E-state index >= 15 is 0 Å². The summed E-state index contributed by atoms with van der Waals surface area (Å²) in [4.78, 5) is 18.4. The molecule has 0 bridgehead atoms. The number of aliphatic imine (C=N–C) groups is 1. The third kappa shape index (κ3) is 5.17. The van der Waals surface area contributed by atoms with Gasteiger partial charge in [-0.3, -0.25) is 4.99 Å². The fourth-order valence-electron chi connectivity index (χ4n) is 3.75. The molecule has 1 saturated carbocycles. The largest absolute Gasteiger partial charge is 0.405 e. The summed E-state index contributed by atoms with van der Waals surface area (Å²) < 4.78 is 0. The molecular weight excluding hydrogens is 402 g/mol. The predicted molar refractivity (Wildman–Crippen MR) is 133 cm³/mol. The Labute approximate surface area is 188 Å². The SMILES string of the molecule is C/C=C/C(C=CN)=N/C=C(\C=N)c1cnc(N)c2nc(CC)c(NC3CCC(N)C3)nc12. The molecule has 9 heteroatoms. The highest BCUT2D eigenvalue weighted by atomic mass is 15.1. The van der Waals surface area contributed by atoms with Crippen LogP contribution < -0.4 is 22.5 Å². The first kappa shape index (κ1) is 23.1. The molecule has 0 saturated heterocycles. The second kappa shape index (κ2) is 10.6. The Kier molecular flexibility index (Phi) is 7.67. The van der Waals surface area contributed by atoms with Crippen LogP contribution in [0.3, 0.4) is 0 Å². The molecule has 0 aliphatic heterocycles. The highest BCUT2D eigenvalue weighted by Gasteiger charge is 2.23. The van der Waals surface area contributed by atoms with E-state index in [0.717, 1.165) is 30.8 Å². The van der Waals surface area contributed by atoms with E-state index in [2.05, 4.69) is 15.3 Å². The molecule has 0 aromatic carbocycles. The summed E-state index contributed by atoms with van der Waals surface area (Å²) in [5.74, 6) is 1.02. The van der Waals surface area contributed by atoms with Crippen molar-refractivity contribution in [2.75, 3.05) is 11.1 Å². The summed E-state index contributed by atoms with van der Waals surface area (Å²) in [6, 6.07) is 0.471. The number of allylic oxidation sites excluding steroid dienone is 4. The van der Waals surface area contributed by atoms with Crippen LogP contribution in [0.5, 0.6) is 0 Å². The number of aromatic nitrogens is 3. The fourth-order valence-corrected chi connectivity index (χ4v) is 3.75. The summed E-state index contributed by atoms with van der Waals surface area (Å²) in [5, 5.41) is 11.5.